The van der Waals surface area contributed by atoms with Crippen molar-refractivity contribution in [3.63, 3.8) is 0 Å². The normalized spacial score (nSPS) is 18.3. The fourth-order valence-electron chi connectivity index (χ4n) is 2.59. The molecule has 0 saturated carbocycles. The molecular formula is C15H24N4O2S. The van der Waals surface area contributed by atoms with Gasteiger partial charge in [0.2, 0.25) is 11.8 Å². The molecule has 1 fully saturated rings. The van der Waals surface area contributed by atoms with E-state index >= 15 is 0 Å². The molecular weight excluding hydrogens is 300 g/mol. The zero-order valence-electron chi connectivity index (χ0n) is 13.0. The number of nitrogens with one attached hydrogen (secondary N) is 1. The Morgan fingerprint density at radius 2 is 2.36 bits per heavy atom. The number of carbonyl (C=O) groups excluding carboxylic acids is 2. The highest BCUT2D eigenvalue weighted by molar-refractivity contribution is 7.09. The molecule has 2 heterocycles. The number of hydrogen-bond donors (Lipinski definition) is 2. The first-order valence-electron chi connectivity index (χ1n) is 7.82. The van der Waals surface area contributed by atoms with Gasteiger partial charge in [-0.2, -0.15) is 0 Å². The summed E-state index contributed by atoms with van der Waals surface area (Å²) in [5, 5.41) is 5.67. The number of thiazole rings is 1. The Hall–Kier alpha value is -1.47. The molecule has 1 saturated heterocycles. The maximum atomic E-state index is 12.4. The number of aryl methyl sites for hydroxylation is 1. The molecule has 1 atom stereocenters. The van der Waals surface area contributed by atoms with E-state index in [1.807, 2.05) is 5.38 Å². The van der Waals surface area contributed by atoms with Gasteiger partial charge in [0, 0.05) is 31.6 Å². The minimum atomic E-state index is -0.119. The average Bonchev–Trinajstić information content (AvgIpc) is 3.00. The van der Waals surface area contributed by atoms with E-state index in [0.29, 0.717) is 26.1 Å². The Morgan fingerprint density at radius 1 is 1.55 bits per heavy atom. The van der Waals surface area contributed by atoms with E-state index in [2.05, 4.69) is 17.2 Å². The summed E-state index contributed by atoms with van der Waals surface area (Å²) in [6.07, 6.45) is 2.92. The third-order valence-corrected chi connectivity index (χ3v) is 4.75. The highest BCUT2D eigenvalue weighted by atomic mass is 32.1. The fourth-order valence-corrected chi connectivity index (χ4v) is 3.46. The molecule has 1 aliphatic rings. The maximum absolute atomic E-state index is 12.4. The Balaban J connectivity index is 1.88. The molecule has 2 amide bonds. The SMILES string of the molecule is CCc1csc(CC(=O)N2CCCC(C(=O)NCCN)C2)n1. The Labute approximate surface area is 135 Å². The minimum absolute atomic E-state index is 0.00506. The van der Waals surface area contributed by atoms with Crippen LogP contribution in [0.5, 0.6) is 0 Å². The van der Waals surface area contributed by atoms with E-state index in [0.717, 1.165) is 36.5 Å². The Bertz CT molecular complexity index is 517. The number of piperidine rings is 1. The number of nitrogens with two attached hydrogens (primary N) is 1. The number of likely N-dealkylation sites (tertiary alicyclic amines) is 1. The van der Waals surface area contributed by atoms with Gasteiger partial charge < -0.3 is 16.0 Å². The van der Waals surface area contributed by atoms with E-state index < -0.39 is 0 Å². The first-order valence-corrected chi connectivity index (χ1v) is 8.70. The molecule has 0 spiro atoms. The maximum Gasteiger partial charge on any atom is 0.229 e. The van der Waals surface area contributed by atoms with Crippen LogP contribution in [0.2, 0.25) is 0 Å². The van der Waals surface area contributed by atoms with Crippen molar-refractivity contribution in [3.8, 4) is 0 Å². The molecule has 122 valence electrons. The summed E-state index contributed by atoms with van der Waals surface area (Å²) in [4.78, 5) is 30.6. The van der Waals surface area contributed by atoms with E-state index in [1.165, 1.54) is 11.3 Å². The number of amides is 2. The predicted molar refractivity (Wildman–Crippen MR) is 86.6 cm³/mol. The number of hydrogen-bond acceptors (Lipinski definition) is 5. The van der Waals surface area contributed by atoms with Gasteiger partial charge in [0.05, 0.1) is 18.0 Å². The van der Waals surface area contributed by atoms with Crippen LogP contribution < -0.4 is 11.1 Å². The summed E-state index contributed by atoms with van der Waals surface area (Å²) in [6, 6.07) is 0. The van der Waals surface area contributed by atoms with Crippen molar-refractivity contribution in [1.82, 2.24) is 15.2 Å². The van der Waals surface area contributed by atoms with Gasteiger partial charge in [-0.05, 0) is 19.3 Å². The lowest BCUT2D eigenvalue weighted by Gasteiger charge is -2.32. The smallest absolute Gasteiger partial charge is 0.229 e. The standard InChI is InChI=1S/C15H24N4O2S/c1-2-12-10-22-13(18-12)8-14(20)19-7-3-4-11(9-19)15(21)17-6-5-16/h10-11H,2-9,16H2,1H3,(H,17,21). The molecule has 0 radical (unpaired) electrons. The van der Waals surface area contributed by atoms with Crippen molar-refractivity contribution in [2.24, 2.45) is 11.7 Å². The quantitative estimate of drug-likeness (QED) is 0.800. The lowest BCUT2D eigenvalue weighted by molar-refractivity contribution is -0.135. The zero-order valence-corrected chi connectivity index (χ0v) is 13.8. The van der Waals surface area contributed by atoms with Crippen molar-refractivity contribution in [2.75, 3.05) is 26.2 Å². The monoisotopic (exact) mass is 324 g/mol. The van der Waals surface area contributed by atoms with E-state index in [9.17, 15) is 9.59 Å². The average molecular weight is 324 g/mol. The summed E-state index contributed by atoms with van der Waals surface area (Å²) >= 11 is 1.53. The lowest BCUT2D eigenvalue weighted by atomic mass is 9.97. The molecule has 2 rings (SSSR count). The fraction of sp³-hybridized carbons (Fsp3) is 0.667. The topological polar surface area (TPSA) is 88.3 Å². The third-order valence-electron chi connectivity index (χ3n) is 3.85. The van der Waals surface area contributed by atoms with Gasteiger partial charge in [-0.1, -0.05) is 6.92 Å². The summed E-state index contributed by atoms with van der Waals surface area (Å²) in [5.41, 5.74) is 6.43. The molecule has 0 aliphatic carbocycles. The van der Waals surface area contributed by atoms with Crippen molar-refractivity contribution in [1.29, 1.82) is 0 Å². The lowest BCUT2D eigenvalue weighted by Crippen LogP contribution is -2.46. The second-order valence-electron chi connectivity index (χ2n) is 5.52. The van der Waals surface area contributed by atoms with Crippen LogP contribution in [0.3, 0.4) is 0 Å². The van der Waals surface area contributed by atoms with Crippen molar-refractivity contribution >= 4 is 23.2 Å². The van der Waals surface area contributed by atoms with Crippen LogP contribution in [0.25, 0.3) is 0 Å². The van der Waals surface area contributed by atoms with Crippen LogP contribution >= 0.6 is 11.3 Å². The largest absolute Gasteiger partial charge is 0.355 e. The molecule has 1 aromatic heterocycles. The van der Waals surface area contributed by atoms with Gasteiger partial charge in [0.25, 0.3) is 0 Å². The third kappa shape index (κ3) is 4.51. The molecule has 1 aromatic rings. The number of rotatable bonds is 6. The molecule has 1 aliphatic heterocycles. The van der Waals surface area contributed by atoms with Crippen LogP contribution in [0, 0.1) is 5.92 Å². The Morgan fingerprint density at radius 3 is 3.05 bits per heavy atom. The Kier molecular flexibility index (Phi) is 6.33. The van der Waals surface area contributed by atoms with E-state index in [-0.39, 0.29) is 17.7 Å². The van der Waals surface area contributed by atoms with Gasteiger partial charge in [-0.25, -0.2) is 4.98 Å². The van der Waals surface area contributed by atoms with Crippen LogP contribution in [-0.4, -0.2) is 47.9 Å². The van der Waals surface area contributed by atoms with Crippen LogP contribution in [0.15, 0.2) is 5.38 Å². The first kappa shape index (κ1) is 16.9. The summed E-state index contributed by atoms with van der Waals surface area (Å²) in [5.74, 6) is -0.0504. The molecule has 6 nitrogen and oxygen atoms in total. The molecule has 3 N–H and O–H groups in total. The van der Waals surface area contributed by atoms with Crippen LogP contribution in [-0.2, 0) is 22.4 Å². The summed E-state index contributed by atoms with van der Waals surface area (Å²) in [6.45, 7) is 4.20. The van der Waals surface area contributed by atoms with E-state index in [1.54, 1.807) is 4.90 Å². The first-order chi connectivity index (χ1) is 10.6. The van der Waals surface area contributed by atoms with Gasteiger partial charge in [-0.3, -0.25) is 9.59 Å². The predicted octanol–water partition coefficient (Wildman–Crippen LogP) is 0.562. The van der Waals surface area contributed by atoms with Crippen molar-refractivity contribution in [3.05, 3.63) is 16.1 Å². The van der Waals surface area contributed by atoms with Crippen LogP contribution in [0.1, 0.15) is 30.5 Å². The minimum Gasteiger partial charge on any atom is -0.355 e. The molecule has 1 unspecified atom stereocenters. The van der Waals surface area contributed by atoms with Gasteiger partial charge in [-0.15, -0.1) is 11.3 Å². The van der Waals surface area contributed by atoms with Gasteiger partial charge in [0.15, 0.2) is 0 Å². The highest BCUT2D eigenvalue weighted by Gasteiger charge is 2.28. The summed E-state index contributed by atoms with van der Waals surface area (Å²) < 4.78 is 0. The zero-order chi connectivity index (χ0) is 15.9. The molecule has 0 aromatic carbocycles. The van der Waals surface area contributed by atoms with Crippen molar-refractivity contribution in [2.45, 2.75) is 32.6 Å². The molecule has 22 heavy (non-hydrogen) atoms. The number of aromatic nitrogens is 1. The second-order valence-corrected chi connectivity index (χ2v) is 6.46. The number of nitrogens with zero attached hydrogens (tertiary/aromatic N) is 2. The van der Waals surface area contributed by atoms with Gasteiger partial charge in [0.1, 0.15) is 5.01 Å². The molecule has 7 heteroatoms. The second kappa shape index (κ2) is 8.24. The van der Waals surface area contributed by atoms with E-state index in [4.69, 9.17) is 5.73 Å². The number of carbonyl (C=O) groups is 2. The van der Waals surface area contributed by atoms with Crippen LogP contribution in [0.4, 0.5) is 0 Å². The van der Waals surface area contributed by atoms with Gasteiger partial charge >= 0.3 is 0 Å². The van der Waals surface area contributed by atoms with Crippen molar-refractivity contribution < 1.29 is 9.59 Å². The summed E-state index contributed by atoms with van der Waals surface area (Å²) in [7, 11) is 0. The molecule has 0 bridgehead atoms. The highest BCUT2D eigenvalue weighted by Crippen LogP contribution is 2.19.